The maximum atomic E-state index is 4.93. The molecule has 0 aliphatic heterocycles. The number of pyridine rings is 1. The first-order valence-corrected chi connectivity index (χ1v) is 18.7. The molecule has 0 aliphatic carbocycles. The summed E-state index contributed by atoms with van der Waals surface area (Å²) in [7, 11) is 0. The minimum absolute atomic E-state index is 0.984. The smallest absolute Gasteiger partial charge is 0.0708 e. The largest absolute Gasteiger partial charge is 0.256 e. The van der Waals surface area contributed by atoms with Crippen molar-refractivity contribution >= 4 is 43.1 Å². The molecule has 1 nitrogen and oxygen atoms in total. The van der Waals surface area contributed by atoms with Crippen LogP contribution in [0.2, 0.25) is 0 Å². The van der Waals surface area contributed by atoms with E-state index in [-0.39, 0.29) is 0 Å². The summed E-state index contributed by atoms with van der Waals surface area (Å²) in [6, 6.07) is 66.3. The van der Waals surface area contributed by atoms with Crippen LogP contribution in [0.5, 0.6) is 0 Å². The Kier molecular flexibility index (Phi) is 7.66. The van der Waals surface area contributed by atoms with E-state index in [2.05, 4.69) is 196 Å². The van der Waals surface area contributed by atoms with Crippen LogP contribution in [-0.2, 0) is 0 Å². The molecule has 1 heteroatoms. The Balaban J connectivity index is 1.10. The van der Waals surface area contributed by atoms with Gasteiger partial charge in [0.1, 0.15) is 0 Å². The fraction of sp³-hybridized carbons (Fsp3) is 0.0377. The minimum atomic E-state index is 0.984. The molecule has 10 aromatic rings. The van der Waals surface area contributed by atoms with Crippen molar-refractivity contribution in [3.8, 4) is 55.8 Å². The molecular formula is C53H37N. The van der Waals surface area contributed by atoms with Crippen LogP contribution in [0.4, 0.5) is 0 Å². The average molecular weight is 688 g/mol. The van der Waals surface area contributed by atoms with Crippen molar-refractivity contribution in [3.63, 3.8) is 0 Å². The molecule has 0 spiro atoms. The van der Waals surface area contributed by atoms with Gasteiger partial charge in [-0.3, -0.25) is 4.98 Å². The van der Waals surface area contributed by atoms with Gasteiger partial charge in [-0.2, -0.15) is 0 Å². The molecule has 0 N–H and O–H groups in total. The summed E-state index contributed by atoms with van der Waals surface area (Å²) in [5, 5.41) is 10.0. The van der Waals surface area contributed by atoms with Crippen molar-refractivity contribution < 1.29 is 0 Å². The van der Waals surface area contributed by atoms with Crippen LogP contribution < -0.4 is 0 Å². The van der Waals surface area contributed by atoms with Crippen molar-refractivity contribution in [2.75, 3.05) is 0 Å². The second kappa shape index (κ2) is 13.0. The van der Waals surface area contributed by atoms with Gasteiger partial charge < -0.3 is 0 Å². The summed E-state index contributed by atoms with van der Waals surface area (Å²) in [5.74, 6) is 0. The Morgan fingerprint density at radius 1 is 0.296 bits per heavy atom. The molecule has 0 bridgehead atoms. The molecule has 1 aromatic heterocycles. The molecule has 0 radical (unpaired) electrons. The number of hydrogen-bond donors (Lipinski definition) is 0. The Labute approximate surface area is 315 Å². The van der Waals surface area contributed by atoms with Crippen LogP contribution in [0.1, 0.15) is 11.1 Å². The molecule has 10 rings (SSSR count). The van der Waals surface area contributed by atoms with Crippen molar-refractivity contribution in [1.82, 2.24) is 4.98 Å². The number of benzene rings is 9. The third-order valence-electron chi connectivity index (χ3n) is 11.2. The number of rotatable bonds is 5. The van der Waals surface area contributed by atoms with E-state index < -0.39 is 0 Å². The maximum absolute atomic E-state index is 4.93. The second-order valence-electron chi connectivity index (χ2n) is 14.4. The Morgan fingerprint density at radius 3 is 1.35 bits per heavy atom. The first-order valence-electron chi connectivity index (χ1n) is 18.7. The molecule has 0 saturated heterocycles. The van der Waals surface area contributed by atoms with E-state index in [0.29, 0.717) is 0 Å². The molecule has 0 aliphatic rings. The second-order valence-corrected chi connectivity index (χ2v) is 14.4. The lowest BCUT2D eigenvalue weighted by Crippen LogP contribution is -1.93. The number of fused-ring (bicyclic) bond motifs is 4. The Bertz CT molecular complexity index is 2960. The van der Waals surface area contributed by atoms with E-state index in [1.54, 1.807) is 0 Å². The van der Waals surface area contributed by atoms with E-state index in [1.165, 1.54) is 87.6 Å². The topological polar surface area (TPSA) is 12.9 Å². The SMILES string of the molecule is Cc1cccc(C)c1-c1cccc2c(-c3c4ccccc4c(-c4ccc(-c5ccc(-c6cccc7ccccc67)nc5)cc4)c4ccccc34)cccc12. The monoisotopic (exact) mass is 687 g/mol. The molecular weight excluding hydrogens is 651 g/mol. The van der Waals surface area contributed by atoms with Gasteiger partial charge in [-0.05, 0) is 113 Å². The molecule has 0 amide bonds. The standard InChI is InChI=1S/C53H37N/c1-34-13-9-14-35(2)51(34)44-25-11-23-42-41(44)22-12-26-45(42)53-48-20-7-5-18-46(48)52(47-19-6-8-21-49(47)53)38-29-27-36(28-30-38)39-31-32-50(54-33-39)43-24-10-16-37-15-3-4-17-40(37)43/h3-33H,1-2H3. The zero-order valence-electron chi connectivity index (χ0n) is 30.3. The fourth-order valence-electron chi connectivity index (χ4n) is 8.72. The summed E-state index contributed by atoms with van der Waals surface area (Å²) in [6.45, 7) is 4.44. The van der Waals surface area contributed by atoms with Crippen molar-refractivity contribution in [1.29, 1.82) is 0 Å². The fourth-order valence-corrected chi connectivity index (χ4v) is 8.72. The molecule has 0 unspecified atom stereocenters. The predicted molar refractivity (Wildman–Crippen MR) is 231 cm³/mol. The van der Waals surface area contributed by atoms with Crippen LogP contribution >= 0.6 is 0 Å². The van der Waals surface area contributed by atoms with Crippen molar-refractivity contribution in [3.05, 3.63) is 199 Å². The molecule has 0 saturated carbocycles. The summed E-state index contributed by atoms with van der Waals surface area (Å²) in [5.41, 5.74) is 14.6. The minimum Gasteiger partial charge on any atom is -0.256 e. The van der Waals surface area contributed by atoms with Gasteiger partial charge in [-0.1, -0.05) is 176 Å². The van der Waals surface area contributed by atoms with E-state index in [1.807, 2.05) is 6.20 Å². The summed E-state index contributed by atoms with van der Waals surface area (Å²) in [4.78, 5) is 4.93. The summed E-state index contributed by atoms with van der Waals surface area (Å²) in [6.07, 6.45) is 2.00. The van der Waals surface area contributed by atoms with E-state index in [0.717, 1.165) is 22.4 Å². The van der Waals surface area contributed by atoms with E-state index >= 15 is 0 Å². The molecule has 0 fully saturated rings. The molecule has 254 valence electrons. The van der Waals surface area contributed by atoms with Gasteiger partial charge >= 0.3 is 0 Å². The zero-order valence-corrected chi connectivity index (χ0v) is 30.3. The number of aryl methyl sites for hydroxylation is 2. The molecule has 54 heavy (non-hydrogen) atoms. The molecule has 9 aromatic carbocycles. The number of aromatic nitrogens is 1. The quantitative estimate of drug-likeness (QED) is 0.164. The summed E-state index contributed by atoms with van der Waals surface area (Å²) < 4.78 is 0. The summed E-state index contributed by atoms with van der Waals surface area (Å²) >= 11 is 0. The van der Waals surface area contributed by atoms with Gasteiger partial charge in [0, 0.05) is 17.3 Å². The third kappa shape index (κ3) is 5.20. The van der Waals surface area contributed by atoms with Gasteiger partial charge in [0.2, 0.25) is 0 Å². The number of nitrogens with zero attached hydrogens (tertiary/aromatic N) is 1. The number of hydrogen-bond acceptors (Lipinski definition) is 1. The van der Waals surface area contributed by atoms with E-state index in [9.17, 15) is 0 Å². The third-order valence-corrected chi connectivity index (χ3v) is 11.2. The van der Waals surface area contributed by atoms with Crippen molar-refractivity contribution in [2.24, 2.45) is 0 Å². The van der Waals surface area contributed by atoms with Gasteiger partial charge in [-0.25, -0.2) is 0 Å². The molecule has 1 heterocycles. The normalized spacial score (nSPS) is 11.5. The van der Waals surface area contributed by atoms with Gasteiger partial charge in [0.15, 0.2) is 0 Å². The van der Waals surface area contributed by atoms with Gasteiger partial charge in [-0.15, -0.1) is 0 Å². The van der Waals surface area contributed by atoms with E-state index in [4.69, 9.17) is 4.98 Å². The highest BCUT2D eigenvalue weighted by Gasteiger charge is 2.19. The lowest BCUT2D eigenvalue weighted by molar-refractivity contribution is 1.33. The highest BCUT2D eigenvalue weighted by atomic mass is 14.7. The lowest BCUT2D eigenvalue weighted by atomic mass is 9.83. The predicted octanol–water partition coefficient (Wildman–Crippen LogP) is 14.6. The zero-order chi connectivity index (χ0) is 36.2. The van der Waals surface area contributed by atoms with Gasteiger partial charge in [0.25, 0.3) is 0 Å². The maximum Gasteiger partial charge on any atom is 0.0708 e. The highest BCUT2D eigenvalue weighted by Crippen LogP contribution is 2.46. The van der Waals surface area contributed by atoms with Crippen LogP contribution in [-0.4, -0.2) is 4.98 Å². The Morgan fingerprint density at radius 2 is 0.741 bits per heavy atom. The average Bonchev–Trinajstić information content (AvgIpc) is 3.22. The van der Waals surface area contributed by atoms with Crippen LogP contribution in [0.3, 0.4) is 0 Å². The highest BCUT2D eigenvalue weighted by molar-refractivity contribution is 6.24. The van der Waals surface area contributed by atoms with Crippen LogP contribution in [0.15, 0.2) is 188 Å². The lowest BCUT2D eigenvalue weighted by Gasteiger charge is -2.20. The van der Waals surface area contributed by atoms with Crippen LogP contribution in [0.25, 0.3) is 98.9 Å². The first-order chi connectivity index (χ1) is 26.6. The first kappa shape index (κ1) is 31.9. The molecule has 0 atom stereocenters. The Hall–Kier alpha value is -6.83. The van der Waals surface area contributed by atoms with Crippen LogP contribution in [0, 0.1) is 13.8 Å². The van der Waals surface area contributed by atoms with Crippen molar-refractivity contribution in [2.45, 2.75) is 13.8 Å². The van der Waals surface area contributed by atoms with Gasteiger partial charge in [0.05, 0.1) is 5.69 Å².